The first-order chi connectivity index (χ1) is 9.98. The molecule has 1 N–H and O–H groups in total. The van der Waals surface area contributed by atoms with Crippen LogP contribution in [-0.4, -0.2) is 54.4 Å². The van der Waals surface area contributed by atoms with Crippen LogP contribution in [0.4, 0.5) is 0 Å². The van der Waals surface area contributed by atoms with Crippen molar-refractivity contribution in [2.24, 2.45) is 4.99 Å². The van der Waals surface area contributed by atoms with Crippen molar-refractivity contribution in [2.75, 3.05) is 27.2 Å². The number of aliphatic imine (C=N–C) groups is 1. The zero-order valence-corrected chi connectivity index (χ0v) is 13.0. The van der Waals surface area contributed by atoms with Gasteiger partial charge < -0.3 is 9.32 Å². The number of guanidine groups is 1. The molecule has 21 heavy (non-hydrogen) atoms. The molecule has 0 aliphatic carbocycles. The van der Waals surface area contributed by atoms with Gasteiger partial charge in [0.1, 0.15) is 11.3 Å². The fraction of sp³-hybridized carbons (Fsp3) is 0.571. The number of piperidine rings is 1. The lowest BCUT2D eigenvalue weighted by molar-refractivity contribution is -0.125. The fourth-order valence-corrected chi connectivity index (χ4v) is 2.95. The zero-order valence-electron chi connectivity index (χ0n) is 12.2. The van der Waals surface area contributed by atoms with Gasteiger partial charge in [-0.1, -0.05) is 0 Å². The van der Waals surface area contributed by atoms with Gasteiger partial charge in [-0.05, 0) is 36.6 Å². The Morgan fingerprint density at radius 2 is 2.14 bits per heavy atom. The average molecular weight is 311 g/mol. The summed E-state index contributed by atoms with van der Waals surface area (Å²) in [4.78, 5) is 20.9. The lowest BCUT2D eigenvalue weighted by atomic mass is 9.88. The third-order valence-corrected chi connectivity index (χ3v) is 4.29. The van der Waals surface area contributed by atoms with Gasteiger partial charge in [0.2, 0.25) is 5.96 Å². The van der Waals surface area contributed by atoms with Gasteiger partial charge in [-0.15, -0.1) is 0 Å². The molecule has 0 aromatic carbocycles. The van der Waals surface area contributed by atoms with Crippen LogP contribution in [0.15, 0.2) is 21.5 Å². The average Bonchev–Trinajstić information content (AvgIpc) is 2.98. The van der Waals surface area contributed by atoms with E-state index in [2.05, 4.69) is 15.2 Å². The molecule has 6 nitrogen and oxygen atoms in total. The Kier molecular flexibility index (Phi) is 3.67. The molecule has 1 saturated heterocycles. The van der Waals surface area contributed by atoms with Crippen molar-refractivity contribution < 1.29 is 9.21 Å². The maximum Gasteiger partial charge on any atom is 0.254 e. The predicted molar refractivity (Wildman–Crippen MR) is 80.2 cm³/mol. The summed E-state index contributed by atoms with van der Waals surface area (Å²) >= 11 is 5.78. The first-order valence-electron chi connectivity index (χ1n) is 7.04. The summed E-state index contributed by atoms with van der Waals surface area (Å²) in [5.74, 6) is 1.53. The Morgan fingerprint density at radius 1 is 1.43 bits per heavy atom. The Bertz CT molecular complexity index is 573. The van der Waals surface area contributed by atoms with Gasteiger partial charge in [0.15, 0.2) is 5.22 Å². The largest absolute Gasteiger partial charge is 0.448 e. The maximum absolute atomic E-state index is 12.2. The Balaban J connectivity index is 1.63. The molecule has 7 heteroatoms. The molecule has 1 spiro atoms. The molecule has 0 atom stereocenters. The smallest absolute Gasteiger partial charge is 0.254 e. The van der Waals surface area contributed by atoms with Crippen molar-refractivity contribution in [1.82, 2.24) is 15.1 Å². The third-order valence-electron chi connectivity index (χ3n) is 4.08. The number of carbonyl (C=O) groups is 1. The molecule has 2 aliphatic rings. The van der Waals surface area contributed by atoms with Gasteiger partial charge in [0.05, 0.1) is 6.54 Å². The van der Waals surface area contributed by atoms with Crippen molar-refractivity contribution in [3.05, 3.63) is 23.1 Å². The molecule has 1 amide bonds. The topological polar surface area (TPSA) is 61.1 Å². The number of carbonyl (C=O) groups excluding carboxylic acids is 1. The molecular weight excluding hydrogens is 292 g/mol. The second-order valence-electron chi connectivity index (χ2n) is 5.80. The molecule has 0 unspecified atom stereocenters. The summed E-state index contributed by atoms with van der Waals surface area (Å²) in [5.41, 5.74) is -0.586. The normalized spacial score (nSPS) is 21.5. The number of hydrogen-bond donors (Lipinski definition) is 1. The van der Waals surface area contributed by atoms with Crippen LogP contribution in [0.3, 0.4) is 0 Å². The van der Waals surface area contributed by atoms with Crippen LogP contribution in [-0.2, 0) is 11.3 Å². The van der Waals surface area contributed by atoms with Crippen LogP contribution >= 0.6 is 11.6 Å². The van der Waals surface area contributed by atoms with Crippen molar-refractivity contribution in [2.45, 2.75) is 24.9 Å². The van der Waals surface area contributed by atoms with Crippen LogP contribution in [0.5, 0.6) is 0 Å². The van der Waals surface area contributed by atoms with Gasteiger partial charge in [0, 0.05) is 27.2 Å². The van der Waals surface area contributed by atoms with Crippen LogP contribution in [0.2, 0.25) is 5.22 Å². The first-order valence-corrected chi connectivity index (χ1v) is 7.41. The van der Waals surface area contributed by atoms with Crippen LogP contribution in [0, 0.1) is 0 Å². The second-order valence-corrected chi connectivity index (χ2v) is 6.17. The number of amides is 1. The Morgan fingerprint density at radius 3 is 2.67 bits per heavy atom. The highest BCUT2D eigenvalue weighted by Gasteiger charge is 2.46. The molecule has 0 radical (unpaired) electrons. The predicted octanol–water partition coefficient (Wildman–Crippen LogP) is 1.31. The molecule has 3 rings (SSSR count). The lowest BCUT2D eigenvalue weighted by Crippen LogP contribution is -2.49. The van der Waals surface area contributed by atoms with Gasteiger partial charge in [-0.2, -0.15) is 0 Å². The molecular formula is C14H19ClN4O2. The van der Waals surface area contributed by atoms with E-state index in [1.54, 1.807) is 6.07 Å². The highest BCUT2D eigenvalue weighted by Crippen LogP contribution is 2.31. The molecule has 1 aromatic heterocycles. The second kappa shape index (κ2) is 5.35. The highest BCUT2D eigenvalue weighted by molar-refractivity contribution is 6.28. The summed E-state index contributed by atoms with van der Waals surface area (Å²) in [6, 6.07) is 3.64. The Labute approximate surface area is 128 Å². The molecule has 1 aromatic rings. The number of likely N-dealkylation sites (tertiary alicyclic amines) is 1. The number of nitrogens with one attached hydrogen (secondary N) is 1. The quantitative estimate of drug-likeness (QED) is 0.895. The van der Waals surface area contributed by atoms with Gasteiger partial charge >= 0.3 is 0 Å². The summed E-state index contributed by atoms with van der Waals surface area (Å²) in [6.45, 7) is 2.35. The monoisotopic (exact) mass is 310 g/mol. The van der Waals surface area contributed by atoms with Crippen molar-refractivity contribution in [3.63, 3.8) is 0 Å². The first kappa shape index (κ1) is 14.4. The van der Waals surface area contributed by atoms with Crippen molar-refractivity contribution >= 4 is 23.5 Å². The zero-order chi connectivity index (χ0) is 15.0. The number of hydrogen-bond acceptors (Lipinski definition) is 5. The number of rotatable bonds is 2. The molecule has 3 heterocycles. The van der Waals surface area contributed by atoms with E-state index in [4.69, 9.17) is 16.0 Å². The minimum Gasteiger partial charge on any atom is -0.448 e. The molecule has 1 fully saturated rings. The molecule has 2 aliphatic heterocycles. The SMILES string of the molecule is CN(C)C1=NC2(CCN(Cc3ccc(Cl)o3)CC2)C(=O)N1. The lowest BCUT2D eigenvalue weighted by Gasteiger charge is -2.34. The minimum atomic E-state index is -0.586. The van der Waals surface area contributed by atoms with Gasteiger partial charge in [-0.25, -0.2) is 4.99 Å². The van der Waals surface area contributed by atoms with E-state index in [-0.39, 0.29) is 5.91 Å². The molecule has 0 saturated carbocycles. The van der Waals surface area contributed by atoms with E-state index >= 15 is 0 Å². The van der Waals surface area contributed by atoms with Crippen molar-refractivity contribution in [1.29, 1.82) is 0 Å². The maximum atomic E-state index is 12.2. The van der Waals surface area contributed by atoms with E-state index in [0.29, 0.717) is 17.7 Å². The van der Waals surface area contributed by atoms with Crippen LogP contribution in [0.25, 0.3) is 0 Å². The van der Waals surface area contributed by atoms with E-state index in [9.17, 15) is 4.79 Å². The number of halogens is 1. The molecule has 114 valence electrons. The van der Waals surface area contributed by atoms with E-state index in [0.717, 1.165) is 31.7 Å². The number of furan rings is 1. The summed E-state index contributed by atoms with van der Waals surface area (Å²) in [5, 5.41) is 3.28. The summed E-state index contributed by atoms with van der Waals surface area (Å²) in [7, 11) is 3.77. The summed E-state index contributed by atoms with van der Waals surface area (Å²) < 4.78 is 5.38. The third kappa shape index (κ3) is 2.78. The van der Waals surface area contributed by atoms with E-state index < -0.39 is 5.54 Å². The number of nitrogens with zero attached hydrogens (tertiary/aromatic N) is 3. The minimum absolute atomic E-state index is 0.0203. The van der Waals surface area contributed by atoms with Gasteiger partial charge in [-0.3, -0.25) is 15.0 Å². The summed E-state index contributed by atoms with van der Waals surface area (Å²) in [6.07, 6.45) is 1.45. The van der Waals surface area contributed by atoms with Crippen LogP contribution in [0.1, 0.15) is 18.6 Å². The standard InChI is InChI=1S/C14H19ClN4O2/c1-18(2)13-16-12(20)14(17-13)5-7-19(8-6-14)9-10-3-4-11(15)21-10/h3-4H,5-9H2,1-2H3,(H,16,17,20). The highest BCUT2D eigenvalue weighted by atomic mass is 35.5. The Hall–Kier alpha value is -1.53. The van der Waals surface area contributed by atoms with E-state index in [1.165, 1.54) is 0 Å². The van der Waals surface area contributed by atoms with E-state index in [1.807, 2.05) is 25.1 Å². The van der Waals surface area contributed by atoms with Gasteiger partial charge in [0.25, 0.3) is 5.91 Å². The fourth-order valence-electron chi connectivity index (χ4n) is 2.79. The molecule has 0 bridgehead atoms. The van der Waals surface area contributed by atoms with Crippen LogP contribution < -0.4 is 5.32 Å². The van der Waals surface area contributed by atoms with Crippen molar-refractivity contribution in [3.8, 4) is 0 Å².